The molecule has 5 nitrogen and oxygen atoms in total. The first-order valence-electron chi connectivity index (χ1n) is 5.08. The molecule has 16 heavy (non-hydrogen) atoms. The second-order valence-corrected chi connectivity index (χ2v) is 5.04. The molecule has 1 aromatic rings. The summed E-state index contributed by atoms with van der Waals surface area (Å²) in [6.45, 7) is 1.66. The summed E-state index contributed by atoms with van der Waals surface area (Å²) >= 11 is 1.80. The first-order chi connectivity index (χ1) is 7.59. The van der Waals surface area contributed by atoms with Crippen LogP contribution >= 0.6 is 11.8 Å². The van der Waals surface area contributed by atoms with E-state index in [0.717, 1.165) is 18.6 Å². The van der Waals surface area contributed by atoms with Crippen molar-refractivity contribution in [3.63, 3.8) is 0 Å². The van der Waals surface area contributed by atoms with Gasteiger partial charge < -0.3 is 10.8 Å². The summed E-state index contributed by atoms with van der Waals surface area (Å²) in [6, 6.07) is 0. The van der Waals surface area contributed by atoms with E-state index in [4.69, 9.17) is 10.8 Å². The maximum absolute atomic E-state index is 10.9. The molecule has 2 heterocycles. The fourth-order valence-corrected chi connectivity index (χ4v) is 3.01. The van der Waals surface area contributed by atoms with Crippen molar-refractivity contribution in [2.45, 2.75) is 25.0 Å². The molecule has 2 rings (SSSR count). The lowest BCUT2D eigenvalue weighted by molar-refractivity contribution is 0.0696. The van der Waals surface area contributed by atoms with Gasteiger partial charge >= 0.3 is 5.97 Å². The van der Waals surface area contributed by atoms with Gasteiger partial charge in [0, 0.05) is 0 Å². The van der Waals surface area contributed by atoms with Crippen molar-refractivity contribution in [1.29, 1.82) is 0 Å². The smallest absolute Gasteiger partial charge is 0.341 e. The molecule has 0 aliphatic carbocycles. The van der Waals surface area contributed by atoms with Gasteiger partial charge in [0.1, 0.15) is 17.2 Å². The largest absolute Gasteiger partial charge is 0.477 e. The predicted molar refractivity (Wildman–Crippen MR) is 62.6 cm³/mol. The summed E-state index contributed by atoms with van der Waals surface area (Å²) < 4.78 is 0. The fourth-order valence-electron chi connectivity index (χ4n) is 1.81. The minimum Gasteiger partial charge on any atom is -0.477 e. The minimum atomic E-state index is -1.07. The molecule has 6 heteroatoms. The highest BCUT2D eigenvalue weighted by atomic mass is 32.2. The van der Waals surface area contributed by atoms with Crippen LogP contribution in [0.4, 0.5) is 5.82 Å². The molecular weight excluding hydrogens is 226 g/mol. The highest BCUT2D eigenvalue weighted by Gasteiger charge is 2.23. The lowest BCUT2D eigenvalue weighted by atomic mass is 10.2. The van der Waals surface area contributed by atoms with Gasteiger partial charge in [-0.3, -0.25) is 0 Å². The maximum atomic E-state index is 10.9. The number of carbonyl (C=O) groups is 1. The molecule has 0 bridgehead atoms. The number of aromatic carboxylic acids is 1. The van der Waals surface area contributed by atoms with Gasteiger partial charge in [-0.05, 0) is 25.5 Å². The number of thioether (sulfide) groups is 1. The number of aromatic nitrogens is 2. The third kappa shape index (κ3) is 1.97. The minimum absolute atomic E-state index is 0.0201. The predicted octanol–water partition coefficient (Wildman–Crippen LogP) is 1.63. The van der Waals surface area contributed by atoms with E-state index in [1.165, 1.54) is 0 Å². The molecule has 0 aromatic carbocycles. The molecule has 0 amide bonds. The number of carboxylic acids is 1. The Balaban J connectivity index is 2.40. The maximum Gasteiger partial charge on any atom is 0.341 e. The van der Waals surface area contributed by atoms with Crippen molar-refractivity contribution in [2.75, 3.05) is 11.5 Å². The van der Waals surface area contributed by atoms with E-state index in [1.54, 1.807) is 18.7 Å². The van der Waals surface area contributed by atoms with Gasteiger partial charge in [-0.25, -0.2) is 14.8 Å². The van der Waals surface area contributed by atoms with Crippen LogP contribution < -0.4 is 5.73 Å². The van der Waals surface area contributed by atoms with Crippen molar-refractivity contribution in [3.8, 4) is 0 Å². The molecule has 86 valence electrons. The van der Waals surface area contributed by atoms with E-state index in [-0.39, 0.29) is 16.6 Å². The SMILES string of the molecule is Cc1nc(C2CCCS2)nc(N)c1C(=O)O. The van der Waals surface area contributed by atoms with E-state index < -0.39 is 5.97 Å². The number of rotatable bonds is 2. The number of nitrogens with two attached hydrogens (primary N) is 1. The third-order valence-corrected chi connectivity index (χ3v) is 3.94. The molecule has 3 N–H and O–H groups in total. The molecule has 1 saturated heterocycles. The van der Waals surface area contributed by atoms with Gasteiger partial charge in [-0.1, -0.05) is 0 Å². The average molecular weight is 239 g/mol. The van der Waals surface area contributed by atoms with E-state index in [9.17, 15) is 4.79 Å². The highest BCUT2D eigenvalue weighted by Crippen LogP contribution is 2.38. The number of nitrogen functional groups attached to an aromatic ring is 1. The molecule has 0 spiro atoms. The van der Waals surface area contributed by atoms with Crippen molar-refractivity contribution in [2.24, 2.45) is 0 Å². The topological polar surface area (TPSA) is 89.1 Å². The first kappa shape index (κ1) is 11.2. The van der Waals surface area contributed by atoms with Gasteiger partial charge in [0.05, 0.1) is 10.9 Å². The number of aryl methyl sites for hydroxylation is 1. The van der Waals surface area contributed by atoms with Crippen LogP contribution in [-0.4, -0.2) is 26.8 Å². The van der Waals surface area contributed by atoms with E-state index in [1.807, 2.05) is 0 Å². The molecular formula is C10H13N3O2S. The monoisotopic (exact) mass is 239 g/mol. The Hall–Kier alpha value is -1.30. The summed E-state index contributed by atoms with van der Waals surface area (Å²) in [5.74, 6) is 0.777. The summed E-state index contributed by atoms with van der Waals surface area (Å²) in [5, 5.41) is 9.20. The molecule has 1 atom stereocenters. The van der Waals surface area contributed by atoms with Crippen LogP contribution in [0.25, 0.3) is 0 Å². The van der Waals surface area contributed by atoms with Crippen LogP contribution in [0.2, 0.25) is 0 Å². The third-order valence-electron chi connectivity index (χ3n) is 2.57. The van der Waals surface area contributed by atoms with Crippen LogP contribution in [0.15, 0.2) is 0 Å². The van der Waals surface area contributed by atoms with Gasteiger partial charge in [-0.2, -0.15) is 11.8 Å². The fraction of sp³-hybridized carbons (Fsp3) is 0.500. The lowest BCUT2D eigenvalue weighted by Gasteiger charge is -2.10. The Kier molecular flexibility index (Phi) is 3.00. The van der Waals surface area contributed by atoms with Crippen molar-refractivity contribution in [1.82, 2.24) is 9.97 Å². The van der Waals surface area contributed by atoms with E-state index in [2.05, 4.69) is 9.97 Å². The normalized spacial score (nSPS) is 19.9. The Morgan fingerprint density at radius 3 is 2.81 bits per heavy atom. The van der Waals surface area contributed by atoms with Crippen LogP contribution in [0.1, 0.15) is 40.0 Å². The molecule has 1 aromatic heterocycles. The zero-order chi connectivity index (χ0) is 11.7. The zero-order valence-electron chi connectivity index (χ0n) is 8.93. The number of hydrogen-bond acceptors (Lipinski definition) is 5. The number of nitrogens with zero attached hydrogens (tertiary/aromatic N) is 2. The van der Waals surface area contributed by atoms with Crippen LogP contribution in [0.3, 0.4) is 0 Å². The number of hydrogen-bond donors (Lipinski definition) is 2. The Morgan fingerprint density at radius 2 is 2.31 bits per heavy atom. The van der Waals surface area contributed by atoms with Crippen LogP contribution in [-0.2, 0) is 0 Å². The zero-order valence-corrected chi connectivity index (χ0v) is 9.75. The number of carboxylic acid groups (broad SMARTS) is 1. The second-order valence-electron chi connectivity index (χ2n) is 3.73. The van der Waals surface area contributed by atoms with Gasteiger partial charge in [0.25, 0.3) is 0 Å². The van der Waals surface area contributed by atoms with Gasteiger partial charge in [-0.15, -0.1) is 0 Å². The summed E-state index contributed by atoms with van der Waals surface area (Å²) in [7, 11) is 0. The Bertz CT molecular complexity index is 407. The quantitative estimate of drug-likeness (QED) is 0.815. The van der Waals surface area contributed by atoms with Crippen molar-refractivity contribution < 1.29 is 9.90 Å². The van der Waals surface area contributed by atoms with Gasteiger partial charge in [0.2, 0.25) is 0 Å². The summed E-state index contributed by atoms with van der Waals surface area (Å²) in [4.78, 5) is 19.3. The molecule has 0 radical (unpaired) electrons. The Morgan fingerprint density at radius 1 is 1.56 bits per heavy atom. The summed E-state index contributed by atoms with van der Waals surface area (Å²) in [6.07, 6.45) is 2.19. The van der Waals surface area contributed by atoms with Crippen LogP contribution in [0.5, 0.6) is 0 Å². The molecule has 1 aliphatic rings. The second kappa shape index (κ2) is 4.29. The molecule has 1 fully saturated rings. The number of anilines is 1. The van der Waals surface area contributed by atoms with E-state index in [0.29, 0.717) is 11.5 Å². The summed E-state index contributed by atoms with van der Waals surface area (Å²) in [5.41, 5.74) is 6.12. The molecule has 1 aliphatic heterocycles. The Labute approximate surface area is 97.5 Å². The average Bonchev–Trinajstić information content (AvgIpc) is 2.67. The van der Waals surface area contributed by atoms with Gasteiger partial charge in [0.15, 0.2) is 0 Å². The lowest BCUT2D eigenvalue weighted by Crippen LogP contribution is -2.12. The van der Waals surface area contributed by atoms with Crippen molar-refractivity contribution in [3.05, 3.63) is 17.1 Å². The molecule has 0 saturated carbocycles. The molecule has 1 unspecified atom stereocenters. The standard InChI is InChI=1S/C10H13N3O2S/c1-5-7(10(14)15)8(11)13-9(12-5)6-3-2-4-16-6/h6H,2-4H2,1H3,(H,14,15)(H2,11,12,13). The van der Waals surface area contributed by atoms with Crippen molar-refractivity contribution >= 4 is 23.5 Å². The van der Waals surface area contributed by atoms with Crippen LogP contribution in [0, 0.1) is 6.92 Å². The highest BCUT2D eigenvalue weighted by molar-refractivity contribution is 7.99. The first-order valence-corrected chi connectivity index (χ1v) is 6.13. The van der Waals surface area contributed by atoms with E-state index >= 15 is 0 Å².